The van der Waals surface area contributed by atoms with Crippen molar-refractivity contribution >= 4 is 27.5 Å². The lowest BCUT2D eigenvalue weighted by Gasteiger charge is -2.18. The van der Waals surface area contributed by atoms with Crippen LogP contribution in [-0.2, 0) is 6.54 Å². The molecule has 0 bridgehead atoms. The highest BCUT2D eigenvalue weighted by molar-refractivity contribution is 9.10. The predicted molar refractivity (Wildman–Crippen MR) is 80.8 cm³/mol. The van der Waals surface area contributed by atoms with Gasteiger partial charge in [0.25, 0.3) is 5.91 Å². The first-order valence-electron chi connectivity index (χ1n) is 5.92. The van der Waals surface area contributed by atoms with E-state index in [1.165, 1.54) is 0 Å². The Morgan fingerprint density at radius 1 is 1.21 bits per heavy atom. The van der Waals surface area contributed by atoms with Crippen LogP contribution in [0, 0.1) is 0 Å². The van der Waals surface area contributed by atoms with E-state index in [-0.39, 0.29) is 5.91 Å². The monoisotopic (exact) mass is 318 g/mol. The first-order chi connectivity index (χ1) is 9.08. The highest BCUT2D eigenvalue weighted by atomic mass is 79.9. The number of nitrogens with two attached hydrogens (primary N) is 1. The summed E-state index contributed by atoms with van der Waals surface area (Å²) in [5, 5.41) is 0. The molecule has 3 nitrogen and oxygen atoms in total. The zero-order chi connectivity index (χ0) is 13.8. The summed E-state index contributed by atoms with van der Waals surface area (Å²) in [4.78, 5) is 14.0. The lowest BCUT2D eigenvalue weighted by atomic mass is 10.1. The quantitative estimate of drug-likeness (QED) is 0.882. The van der Waals surface area contributed by atoms with E-state index in [2.05, 4.69) is 15.9 Å². The molecular formula is C15H15BrN2O. The van der Waals surface area contributed by atoms with Crippen LogP contribution in [0.2, 0.25) is 0 Å². The molecule has 4 heteroatoms. The largest absolute Gasteiger partial charge is 0.399 e. The summed E-state index contributed by atoms with van der Waals surface area (Å²) in [6.45, 7) is 0.570. The number of benzene rings is 2. The Morgan fingerprint density at radius 2 is 1.89 bits per heavy atom. The van der Waals surface area contributed by atoms with E-state index in [1.807, 2.05) is 30.3 Å². The van der Waals surface area contributed by atoms with E-state index >= 15 is 0 Å². The fourth-order valence-corrected chi connectivity index (χ4v) is 2.26. The summed E-state index contributed by atoms with van der Waals surface area (Å²) in [6.07, 6.45) is 0. The van der Waals surface area contributed by atoms with Crippen molar-refractivity contribution in [2.75, 3.05) is 12.8 Å². The van der Waals surface area contributed by atoms with Crippen molar-refractivity contribution in [3.63, 3.8) is 0 Å². The molecule has 0 spiro atoms. The van der Waals surface area contributed by atoms with Gasteiger partial charge in [-0.25, -0.2) is 0 Å². The van der Waals surface area contributed by atoms with Crippen molar-refractivity contribution in [3.05, 3.63) is 64.1 Å². The summed E-state index contributed by atoms with van der Waals surface area (Å²) in [7, 11) is 1.78. The van der Waals surface area contributed by atoms with Gasteiger partial charge >= 0.3 is 0 Å². The van der Waals surface area contributed by atoms with Crippen molar-refractivity contribution in [2.45, 2.75) is 6.54 Å². The van der Waals surface area contributed by atoms with Gasteiger partial charge in [0.15, 0.2) is 0 Å². The topological polar surface area (TPSA) is 46.3 Å². The van der Waals surface area contributed by atoms with Crippen LogP contribution in [0.4, 0.5) is 5.69 Å². The average molecular weight is 319 g/mol. The molecular weight excluding hydrogens is 304 g/mol. The van der Waals surface area contributed by atoms with Crippen molar-refractivity contribution in [3.8, 4) is 0 Å². The van der Waals surface area contributed by atoms with E-state index in [1.54, 1.807) is 30.1 Å². The normalized spacial score (nSPS) is 10.2. The average Bonchev–Trinajstić information content (AvgIpc) is 2.42. The summed E-state index contributed by atoms with van der Waals surface area (Å²) in [6, 6.07) is 15.1. The molecule has 0 fully saturated rings. The summed E-state index contributed by atoms with van der Waals surface area (Å²) >= 11 is 3.38. The Kier molecular flexibility index (Phi) is 4.22. The molecule has 0 saturated heterocycles. The Hall–Kier alpha value is -1.81. The van der Waals surface area contributed by atoms with Gasteiger partial charge in [-0.1, -0.05) is 30.3 Å². The molecule has 0 unspecified atom stereocenters. The van der Waals surface area contributed by atoms with Gasteiger partial charge in [-0.2, -0.15) is 0 Å². The predicted octanol–water partition coefficient (Wildman–Crippen LogP) is 3.30. The number of nitrogens with zero attached hydrogens (tertiary/aromatic N) is 1. The molecule has 0 atom stereocenters. The van der Waals surface area contributed by atoms with E-state index < -0.39 is 0 Å². The second kappa shape index (κ2) is 5.89. The molecule has 98 valence electrons. The molecule has 2 N–H and O–H groups in total. The molecule has 19 heavy (non-hydrogen) atoms. The minimum absolute atomic E-state index is 0.0528. The van der Waals surface area contributed by atoms with E-state index in [0.717, 1.165) is 10.0 Å². The lowest BCUT2D eigenvalue weighted by Crippen LogP contribution is -2.26. The first-order valence-corrected chi connectivity index (χ1v) is 6.71. The third kappa shape index (κ3) is 3.35. The molecule has 0 heterocycles. The van der Waals surface area contributed by atoms with Crippen LogP contribution in [0.25, 0.3) is 0 Å². The maximum absolute atomic E-state index is 12.4. The minimum Gasteiger partial charge on any atom is -0.399 e. The van der Waals surface area contributed by atoms with Crippen molar-refractivity contribution in [1.29, 1.82) is 0 Å². The van der Waals surface area contributed by atoms with Gasteiger partial charge in [-0.3, -0.25) is 4.79 Å². The van der Waals surface area contributed by atoms with Gasteiger partial charge in [-0.05, 0) is 39.7 Å². The SMILES string of the molecule is CN(Cc1ccccc1)C(=O)c1cc(N)ccc1Br. The van der Waals surface area contributed by atoms with Crippen LogP contribution in [0.1, 0.15) is 15.9 Å². The molecule has 0 aliphatic carbocycles. The number of rotatable bonds is 3. The lowest BCUT2D eigenvalue weighted by molar-refractivity contribution is 0.0784. The maximum Gasteiger partial charge on any atom is 0.255 e. The van der Waals surface area contributed by atoms with Crippen LogP contribution >= 0.6 is 15.9 Å². The highest BCUT2D eigenvalue weighted by Crippen LogP contribution is 2.21. The Bertz CT molecular complexity index is 584. The Labute approximate surface area is 121 Å². The molecule has 2 aromatic rings. The summed E-state index contributed by atoms with van der Waals surface area (Å²) in [5.41, 5.74) is 7.99. The molecule has 2 aromatic carbocycles. The Morgan fingerprint density at radius 3 is 2.58 bits per heavy atom. The van der Waals surface area contributed by atoms with Crippen molar-refractivity contribution in [2.24, 2.45) is 0 Å². The molecule has 2 rings (SSSR count). The van der Waals surface area contributed by atoms with Gasteiger partial charge in [0, 0.05) is 23.8 Å². The standard InChI is InChI=1S/C15H15BrN2O/c1-18(10-11-5-3-2-4-6-11)15(19)13-9-12(17)7-8-14(13)16/h2-9H,10,17H2,1H3. The molecule has 0 saturated carbocycles. The summed E-state index contributed by atoms with van der Waals surface area (Å²) in [5.74, 6) is -0.0528. The van der Waals surface area contributed by atoms with E-state index in [0.29, 0.717) is 17.8 Å². The molecule has 0 aliphatic heterocycles. The van der Waals surface area contributed by atoms with Crippen LogP contribution < -0.4 is 5.73 Å². The zero-order valence-electron chi connectivity index (χ0n) is 10.6. The maximum atomic E-state index is 12.4. The second-order valence-corrected chi connectivity index (χ2v) is 5.24. The van der Waals surface area contributed by atoms with Crippen LogP contribution in [-0.4, -0.2) is 17.9 Å². The second-order valence-electron chi connectivity index (χ2n) is 4.39. The number of carbonyl (C=O) groups excluding carboxylic acids is 1. The van der Waals surface area contributed by atoms with Gasteiger partial charge < -0.3 is 10.6 Å². The van der Waals surface area contributed by atoms with Crippen molar-refractivity contribution in [1.82, 2.24) is 4.90 Å². The summed E-state index contributed by atoms with van der Waals surface area (Å²) < 4.78 is 0.756. The highest BCUT2D eigenvalue weighted by Gasteiger charge is 2.15. The molecule has 1 amide bonds. The zero-order valence-corrected chi connectivity index (χ0v) is 12.2. The van der Waals surface area contributed by atoms with E-state index in [4.69, 9.17) is 5.73 Å². The van der Waals surface area contributed by atoms with Gasteiger partial charge in [0.1, 0.15) is 0 Å². The van der Waals surface area contributed by atoms with Crippen LogP contribution in [0.3, 0.4) is 0 Å². The van der Waals surface area contributed by atoms with Crippen molar-refractivity contribution < 1.29 is 4.79 Å². The Balaban J connectivity index is 2.17. The third-order valence-electron chi connectivity index (χ3n) is 2.83. The van der Waals surface area contributed by atoms with Crippen LogP contribution in [0.5, 0.6) is 0 Å². The molecule has 0 aromatic heterocycles. The minimum atomic E-state index is -0.0528. The number of halogens is 1. The number of nitrogen functional groups attached to an aromatic ring is 1. The number of carbonyl (C=O) groups is 1. The van der Waals surface area contributed by atoms with Gasteiger partial charge in [-0.15, -0.1) is 0 Å². The van der Waals surface area contributed by atoms with E-state index in [9.17, 15) is 4.79 Å². The third-order valence-corrected chi connectivity index (χ3v) is 3.52. The fraction of sp³-hybridized carbons (Fsp3) is 0.133. The fourth-order valence-electron chi connectivity index (χ4n) is 1.84. The number of amides is 1. The van der Waals surface area contributed by atoms with Gasteiger partial charge in [0.05, 0.1) is 5.56 Å². The first kappa shape index (κ1) is 13.6. The number of hydrogen-bond acceptors (Lipinski definition) is 2. The molecule has 0 aliphatic rings. The van der Waals surface area contributed by atoms with Crippen LogP contribution in [0.15, 0.2) is 53.0 Å². The number of hydrogen-bond donors (Lipinski definition) is 1. The number of anilines is 1. The van der Waals surface area contributed by atoms with Gasteiger partial charge in [0.2, 0.25) is 0 Å². The molecule has 0 radical (unpaired) electrons. The smallest absolute Gasteiger partial charge is 0.255 e.